The summed E-state index contributed by atoms with van der Waals surface area (Å²) >= 11 is 0. The quantitative estimate of drug-likeness (QED) is 0.785. The molecule has 0 saturated heterocycles. The Morgan fingerprint density at radius 3 is 2.71 bits per heavy atom. The second-order valence-electron chi connectivity index (χ2n) is 5.41. The molecule has 3 nitrogen and oxygen atoms in total. The minimum atomic E-state index is 0.207. The van der Waals surface area contributed by atoms with Gasteiger partial charge in [0.15, 0.2) is 0 Å². The molecule has 0 spiro atoms. The summed E-state index contributed by atoms with van der Waals surface area (Å²) in [6.07, 6.45) is 1.45. The van der Waals surface area contributed by atoms with Gasteiger partial charge in [-0.25, -0.2) is 0 Å². The molecule has 2 rings (SSSR count). The average Bonchev–Trinajstić information content (AvgIpc) is 2.30. The molecular formula is C14H22N2O. The molecule has 1 aromatic rings. The monoisotopic (exact) mass is 234 g/mol. The highest BCUT2D eigenvalue weighted by Crippen LogP contribution is 2.42. The minimum Gasteiger partial charge on any atom is -0.398 e. The van der Waals surface area contributed by atoms with E-state index < -0.39 is 0 Å². The van der Waals surface area contributed by atoms with Crippen LogP contribution in [-0.4, -0.2) is 19.3 Å². The summed E-state index contributed by atoms with van der Waals surface area (Å²) in [6, 6.07) is 8.51. The zero-order valence-corrected chi connectivity index (χ0v) is 10.9. The van der Waals surface area contributed by atoms with Crippen molar-refractivity contribution >= 4 is 5.69 Å². The number of nitrogens with two attached hydrogens (primary N) is 1. The maximum atomic E-state index is 5.92. The second kappa shape index (κ2) is 4.67. The lowest BCUT2D eigenvalue weighted by Gasteiger charge is -2.51. The zero-order valence-electron chi connectivity index (χ0n) is 10.9. The second-order valence-corrected chi connectivity index (χ2v) is 5.41. The highest BCUT2D eigenvalue weighted by Gasteiger charge is 2.48. The average molecular weight is 234 g/mol. The number of ether oxygens (including phenoxy) is 1. The smallest absolute Gasteiger partial charge is 0.0652 e. The van der Waals surface area contributed by atoms with Crippen molar-refractivity contribution in [2.75, 3.05) is 12.8 Å². The van der Waals surface area contributed by atoms with Crippen LogP contribution < -0.4 is 11.1 Å². The van der Waals surface area contributed by atoms with Crippen molar-refractivity contribution in [3.8, 4) is 0 Å². The summed E-state index contributed by atoms with van der Waals surface area (Å²) in [4.78, 5) is 0. The Balaban J connectivity index is 1.91. The van der Waals surface area contributed by atoms with E-state index in [9.17, 15) is 0 Å². The van der Waals surface area contributed by atoms with Gasteiger partial charge in [-0.2, -0.15) is 0 Å². The van der Waals surface area contributed by atoms with E-state index in [4.69, 9.17) is 10.5 Å². The Morgan fingerprint density at radius 1 is 1.41 bits per heavy atom. The summed E-state index contributed by atoms with van der Waals surface area (Å²) < 4.78 is 5.44. The minimum absolute atomic E-state index is 0.207. The molecule has 1 fully saturated rings. The van der Waals surface area contributed by atoms with E-state index in [0.717, 1.165) is 18.7 Å². The molecule has 3 N–H and O–H groups in total. The number of hydrogen-bond acceptors (Lipinski definition) is 3. The third-order valence-corrected chi connectivity index (χ3v) is 4.06. The lowest BCUT2D eigenvalue weighted by Crippen LogP contribution is -2.60. The molecule has 94 valence electrons. The molecule has 1 aliphatic carbocycles. The Hall–Kier alpha value is -1.06. The van der Waals surface area contributed by atoms with Crippen molar-refractivity contribution in [1.82, 2.24) is 5.32 Å². The fraction of sp³-hybridized carbons (Fsp3) is 0.571. The molecule has 0 aliphatic heterocycles. The number of hydrogen-bond donors (Lipinski definition) is 2. The maximum absolute atomic E-state index is 5.92. The van der Waals surface area contributed by atoms with E-state index in [0.29, 0.717) is 12.1 Å². The molecule has 17 heavy (non-hydrogen) atoms. The van der Waals surface area contributed by atoms with E-state index in [2.05, 4.69) is 25.2 Å². The standard InChI is InChI=1S/C14H22N2O/c1-14(2)12(8-13(14)17-3)16-9-10-6-4-5-7-11(10)15/h4-7,12-13,16H,8-9,15H2,1-3H3. The molecule has 0 radical (unpaired) electrons. The van der Waals surface area contributed by atoms with Crippen molar-refractivity contribution < 1.29 is 4.74 Å². The largest absolute Gasteiger partial charge is 0.398 e. The summed E-state index contributed by atoms with van der Waals surface area (Å²) in [7, 11) is 1.79. The van der Waals surface area contributed by atoms with Crippen molar-refractivity contribution in [2.45, 2.75) is 39.0 Å². The lowest BCUT2D eigenvalue weighted by atomic mass is 9.64. The van der Waals surface area contributed by atoms with Crippen LogP contribution in [0, 0.1) is 5.41 Å². The summed E-state index contributed by atoms with van der Waals surface area (Å²) in [6.45, 7) is 5.32. The van der Waals surface area contributed by atoms with Gasteiger partial charge in [0.2, 0.25) is 0 Å². The van der Waals surface area contributed by atoms with Crippen molar-refractivity contribution in [2.24, 2.45) is 5.41 Å². The van der Waals surface area contributed by atoms with Crippen LogP contribution in [0.5, 0.6) is 0 Å². The Labute approximate surface area is 103 Å². The van der Waals surface area contributed by atoms with E-state index >= 15 is 0 Å². The molecule has 0 aromatic heterocycles. The highest BCUT2D eigenvalue weighted by atomic mass is 16.5. The Bertz CT molecular complexity index is 390. The third-order valence-electron chi connectivity index (χ3n) is 4.06. The molecule has 2 atom stereocenters. The van der Waals surface area contributed by atoms with Crippen LogP contribution in [0.15, 0.2) is 24.3 Å². The first kappa shape index (κ1) is 12.4. The van der Waals surface area contributed by atoms with Gasteiger partial charge >= 0.3 is 0 Å². The topological polar surface area (TPSA) is 47.3 Å². The van der Waals surface area contributed by atoms with E-state index in [1.54, 1.807) is 7.11 Å². The van der Waals surface area contributed by atoms with Crippen LogP contribution in [-0.2, 0) is 11.3 Å². The van der Waals surface area contributed by atoms with Crippen molar-refractivity contribution in [1.29, 1.82) is 0 Å². The first-order chi connectivity index (χ1) is 8.05. The predicted octanol–water partition coefficient (Wildman–Crippen LogP) is 2.17. The van der Waals surface area contributed by atoms with Gasteiger partial charge in [-0.15, -0.1) is 0 Å². The molecule has 0 bridgehead atoms. The van der Waals surface area contributed by atoms with E-state index in [-0.39, 0.29) is 5.41 Å². The SMILES string of the molecule is COC1CC(NCc2ccccc2N)C1(C)C. The zero-order chi connectivity index (χ0) is 12.5. The van der Waals surface area contributed by atoms with Gasteiger partial charge in [0.25, 0.3) is 0 Å². The van der Waals surface area contributed by atoms with Crippen LogP contribution in [0.1, 0.15) is 25.8 Å². The van der Waals surface area contributed by atoms with Crippen LogP contribution in [0.3, 0.4) is 0 Å². The molecule has 0 amide bonds. The van der Waals surface area contributed by atoms with E-state index in [1.165, 1.54) is 5.56 Å². The van der Waals surface area contributed by atoms with Gasteiger partial charge in [-0.05, 0) is 18.1 Å². The van der Waals surface area contributed by atoms with Crippen LogP contribution >= 0.6 is 0 Å². The van der Waals surface area contributed by atoms with Crippen LogP contribution in [0.25, 0.3) is 0 Å². The first-order valence-electron chi connectivity index (χ1n) is 6.15. The van der Waals surface area contributed by atoms with Crippen LogP contribution in [0.2, 0.25) is 0 Å². The molecule has 1 saturated carbocycles. The number of anilines is 1. The van der Waals surface area contributed by atoms with Crippen molar-refractivity contribution in [3.63, 3.8) is 0 Å². The van der Waals surface area contributed by atoms with Crippen LogP contribution in [0.4, 0.5) is 5.69 Å². The number of methoxy groups -OCH3 is 1. The summed E-state index contributed by atoms with van der Waals surface area (Å²) in [5, 5.41) is 3.57. The van der Waals surface area contributed by atoms with E-state index in [1.807, 2.05) is 18.2 Å². The molecule has 0 heterocycles. The number of para-hydroxylation sites is 1. The number of rotatable bonds is 4. The first-order valence-corrected chi connectivity index (χ1v) is 6.15. The fourth-order valence-electron chi connectivity index (χ4n) is 2.56. The normalized spacial score (nSPS) is 26.5. The Morgan fingerprint density at radius 2 is 2.12 bits per heavy atom. The predicted molar refractivity (Wildman–Crippen MR) is 70.7 cm³/mol. The molecular weight excluding hydrogens is 212 g/mol. The van der Waals surface area contributed by atoms with Gasteiger partial charge in [0.1, 0.15) is 0 Å². The molecule has 1 aromatic carbocycles. The van der Waals surface area contributed by atoms with Crippen molar-refractivity contribution in [3.05, 3.63) is 29.8 Å². The fourth-order valence-corrected chi connectivity index (χ4v) is 2.56. The highest BCUT2D eigenvalue weighted by molar-refractivity contribution is 5.46. The third kappa shape index (κ3) is 2.31. The Kier molecular flexibility index (Phi) is 3.40. The van der Waals surface area contributed by atoms with Gasteiger partial charge in [0, 0.05) is 30.8 Å². The van der Waals surface area contributed by atoms with Gasteiger partial charge in [-0.3, -0.25) is 0 Å². The van der Waals surface area contributed by atoms with Gasteiger partial charge < -0.3 is 15.8 Å². The lowest BCUT2D eigenvalue weighted by molar-refractivity contribution is -0.0978. The molecule has 3 heteroatoms. The number of benzene rings is 1. The molecule has 1 aliphatic rings. The summed E-state index contributed by atoms with van der Waals surface area (Å²) in [5.41, 5.74) is 8.16. The number of nitrogens with one attached hydrogen (secondary N) is 1. The number of nitrogen functional groups attached to an aromatic ring is 1. The summed E-state index contributed by atoms with van der Waals surface area (Å²) in [5.74, 6) is 0. The maximum Gasteiger partial charge on any atom is 0.0652 e. The molecule has 2 unspecified atom stereocenters. The van der Waals surface area contributed by atoms with Gasteiger partial charge in [-0.1, -0.05) is 32.0 Å². The van der Waals surface area contributed by atoms with Gasteiger partial charge in [0.05, 0.1) is 6.10 Å².